The summed E-state index contributed by atoms with van der Waals surface area (Å²) >= 11 is 1.62. The summed E-state index contributed by atoms with van der Waals surface area (Å²) in [5.41, 5.74) is 1.32. The third-order valence-corrected chi connectivity index (χ3v) is 5.20. The van der Waals surface area contributed by atoms with Crippen molar-refractivity contribution in [3.8, 4) is 0 Å². The summed E-state index contributed by atoms with van der Waals surface area (Å²) in [6.07, 6.45) is 7.47. The molecule has 114 valence electrons. The van der Waals surface area contributed by atoms with Gasteiger partial charge in [0.1, 0.15) is 0 Å². The van der Waals surface area contributed by atoms with Crippen LogP contribution in [0.15, 0.2) is 29.2 Å². The van der Waals surface area contributed by atoms with Crippen molar-refractivity contribution in [3.05, 3.63) is 29.8 Å². The van der Waals surface area contributed by atoms with Gasteiger partial charge in [-0.1, -0.05) is 25.0 Å². The molecule has 0 radical (unpaired) electrons. The van der Waals surface area contributed by atoms with Crippen molar-refractivity contribution in [1.29, 1.82) is 0 Å². The number of carbonyl (C=O) groups is 1. The highest BCUT2D eigenvalue weighted by atomic mass is 32.2. The lowest BCUT2D eigenvalue weighted by Gasteiger charge is -2.11. The van der Waals surface area contributed by atoms with E-state index in [4.69, 9.17) is 0 Å². The van der Waals surface area contributed by atoms with E-state index in [-0.39, 0.29) is 5.91 Å². The van der Waals surface area contributed by atoms with E-state index < -0.39 is 0 Å². The zero-order valence-corrected chi connectivity index (χ0v) is 13.3. The van der Waals surface area contributed by atoms with Gasteiger partial charge in [-0.2, -0.15) is 0 Å². The second-order valence-corrected chi connectivity index (χ2v) is 7.19. The predicted octanol–water partition coefficient (Wildman–Crippen LogP) is 3.09. The average molecular weight is 304 g/mol. The first-order chi connectivity index (χ1) is 10.3. The summed E-state index contributed by atoms with van der Waals surface area (Å²) in [6.45, 7) is 0.956. The van der Waals surface area contributed by atoms with E-state index in [1.165, 1.54) is 36.1 Å². The molecule has 1 aromatic carbocycles. The Labute approximate surface area is 131 Å². The minimum Gasteiger partial charge on any atom is -0.353 e. The Balaban J connectivity index is 1.38. The van der Waals surface area contributed by atoms with Crippen molar-refractivity contribution in [2.45, 2.75) is 62.0 Å². The Bertz CT molecular complexity index is 464. The Morgan fingerprint density at radius 1 is 1.05 bits per heavy atom. The normalized spacial score (nSPS) is 18.9. The molecule has 2 aliphatic carbocycles. The fraction of sp³-hybridized carbons (Fsp3) is 0.588. The van der Waals surface area contributed by atoms with E-state index in [2.05, 4.69) is 34.9 Å². The Hall–Kier alpha value is -1.00. The van der Waals surface area contributed by atoms with Crippen LogP contribution in [0.25, 0.3) is 0 Å². The molecule has 0 aromatic heterocycles. The molecule has 0 unspecified atom stereocenters. The van der Waals surface area contributed by atoms with Gasteiger partial charge in [0.25, 0.3) is 0 Å². The molecular formula is C17H24N2OS. The fourth-order valence-corrected chi connectivity index (χ4v) is 3.45. The van der Waals surface area contributed by atoms with E-state index in [1.807, 2.05) is 0 Å². The van der Waals surface area contributed by atoms with Crippen LogP contribution in [0.1, 0.15) is 44.1 Å². The number of hydrogen-bond donors (Lipinski definition) is 2. The SMILES string of the molecule is O=C(CSc1ccc(CNC2CC2)cc1)NC1CCCC1. The number of nitrogens with one attached hydrogen (secondary N) is 2. The van der Waals surface area contributed by atoms with Crippen LogP contribution >= 0.6 is 11.8 Å². The van der Waals surface area contributed by atoms with Crippen LogP contribution in [-0.4, -0.2) is 23.7 Å². The summed E-state index contributed by atoms with van der Waals surface area (Å²) in [6, 6.07) is 9.74. The number of benzene rings is 1. The standard InChI is InChI=1S/C17H24N2OS/c20-17(19-15-3-1-2-4-15)12-21-16-9-5-13(6-10-16)11-18-14-7-8-14/h5-6,9-10,14-15,18H,1-4,7-8,11-12H2,(H,19,20). The molecular weight excluding hydrogens is 280 g/mol. The van der Waals surface area contributed by atoms with Gasteiger partial charge in [0.15, 0.2) is 0 Å². The number of thioether (sulfide) groups is 1. The van der Waals surface area contributed by atoms with E-state index in [1.54, 1.807) is 11.8 Å². The Morgan fingerprint density at radius 3 is 2.43 bits per heavy atom. The number of hydrogen-bond acceptors (Lipinski definition) is 3. The van der Waals surface area contributed by atoms with Gasteiger partial charge in [0.2, 0.25) is 5.91 Å². The largest absolute Gasteiger partial charge is 0.353 e. The maximum Gasteiger partial charge on any atom is 0.230 e. The molecule has 0 spiro atoms. The lowest BCUT2D eigenvalue weighted by Crippen LogP contribution is -2.33. The molecule has 0 aliphatic heterocycles. The van der Waals surface area contributed by atoms with Gasteiger partial charge in [-0.25, -0.2) is 0 Å². The molecule has 4 heteroatoms. The van der Waals surface area contributed by atoms with E-state index in [0.717, 1.165) is 25.4 Å². The molecule has 1 amide bonds. The first-order valence-corrected chi connectivity index (χ1v) is 9.02. The molecule has 3 nitrogen and oxygen atoms in total. The van der Waals surface area contributed by atoms with E-state index in [9.17, 15) is 4.79 Å². The molecule has 0 heterocycles. The van der Waals surface area contributed by atoms with Crippen molar-refractivity contribution in [3.63, 3.8) is 0 Å². The third kappa shape index (κ3) is 5.04. The molecule has 1 aromatic rings. The molecule has 0 saturated heterocycles. The molecule has 0 bridgehead atoms. The van der Waals surface area contributed by atoms with Gasteiger partial charge < -0.3 is 10.6 Å². The van der Waals surface area contributed by atoms with Gasteiger partial charge in [0, 0.05) is 23.5 Å². The van der Waals surface area contributed by atoms with Crippen LogP contribution in [0.2, 0.25) is 0 Å². The summed E-state index contributed by atoms with van der Waals surface area (Å²) in [7, 11) is 0. The van der Waals surface area contributed by atoms with Crippen molar-refractivity contribution in [1.82, 2.24) is 10.6 Å². The van der Waals surface area contributed by atoms with Crippen LogP contribution in [-0.2, 0) is 11.3 Å². The highest BCUT2D eigenvalue weighted by molar-refractivity contribution is 8.00. The van der Waals surface area contributed by atoms with Crippen LogP contribution in [0.5, 0.6) is 0 Å². The molecule has 2 aliphatic rings. The van der Waals surface area contributed by atoms with Gasteiger partial charge in [-0.3, -0.25) is 4.79 Å². The summed E-state index contributed by atoms with van der Waals surface area (Å²) in [4.78, 5) is 13.1. The van der Waals surface area contributed by atoms with Gasteiger partial charge in [-0.15, -0.1) is 11.8 Å². The quantitative estimate of drug-likeness (QED) is 0.761. The second-order valence-electron chi connectivity index (χ2n) is 6.14. The molecule has 21 heavy (non-hydrogen) atoms. The van der Waals surface area contributed by atoms with Crippen molar-refractivity contribution < 1.29 is 4.79 Å². The Morgan fingerprint density at radius 2 is 1.76 bits per heavy atom. The average Bonchev–Trinajstić information content (AvgIpc) is 3.20. The minimum atomic E-state index is 0.173. The minimum absolute atomic E-state index is 0.173. The van der Waals surface area contributed by atoms with Crippen molar-refractivity contribution in [2.24, 2.45) is 0 Å². The van der Waals surface area contributed by atoms with Gasteiger partial charge >= 0.3 is 0 Å². The summed E-state index contributed by atoms with van der Waals surface area (Å²) in [5, 5.41) is 6.64. The topological polar surface area (TPSA) is 41.1 Å². The van der Waals surface area contributed by atoms with Gasteiger partial charge in [-0.05, 0) is 43.4 Å². The number of carbonyl (C=O) groups excluding carboxylic acids is 1. The maximum absolute atomic E-state index is 11.9. The highest BCUT2D eigenvalue weighted by Crippen LogP contribution is 2.22. The number of amides is 1. The van der Waals surface area contributed by atoms with E-state index >= 15 is 0 Å². The van der Waals surface area contributed by atoms with Crippen LogP contribution in [0, 0.1) is 0 Å². The molecule has 0 atom stereocenters. The lowest BCUT2D eigenvalue weighted by molar-refractivity contribution is -0.119. The predicted molar refractivity (Wildman–Crippen MR) is 87.4 cm³/mol. The Kier molecular flexibility index (Phi) is 5.20. The summed E-state index contributed by atoms with van der Waals surface area (Å²) < 4.78 is 0. The molecule has 2 N–H and O–H groups in total. The van der Waals surface area contributed by atoms with Crippen molar-refractivity contribution >= 4 is 17.7 Å². The molecule has 2 fully saturated rings. The monoisotopic (exact) mass is 304 g/mol. The summed E-state index contributed by atoms with van der Waals surface area (Å²) in [5.74, 6) is 0.697. The van der Waals surface area contributed by atoms with Crippen LogP contribution in [0.3, 0.4) is 0 Å². The first-order valence-electron chi connectivity index (χ1n) is 8.04. The van der Waals surface area contributed by atoms with Crippen LogP contribution < -0.4 is 10.6 Å². The molecule has 3 rings (SSSR count). The highest BCUT2D eigenvalue weighted by Gasteiger charge is 2.20. The fourth-order valence-electron chi connectivity index (χ4n) is 2.74. The zero-order chi connectivity index (χ0) is 14.5. The third-order valence-electron chi connectivity index (χ3n) is 4.19. The van der Waals surface area contributed by atoms with Gasteiger partial charge in [0.05, 0.1) is 5.75 Å². The maximum atomic E-state index is 11.9. The second kappa shape index (κ2) is 7.32. The lowest BCUT2D eigenvalue weighted by atomic mass is 10.2. The zero-order valence-electron chi connectivity index (χ0n) is 12.4. The van der Waals surface area contributed by atoms with Crippen molar-refractivity contribution in [2.75, 3.05) is 5.75 Å². The van der Waals surface area contributed by atoms with E-state index in [0.29, 0.717) is 11.8 Å². The smallest absolute Gasteiger partial charge is 0.230 e. The van der Waals surface area contributed by atoms with Crippen LogP contribution in [0.4, 0.5) is 0 Å². The molecule has 2 saturated carbocycles. The first kappa shape index (κ1) is 14.9. The number of rotatable bonds is 7.